The average molecular weight is 448 g/mol. The topological polar surface area (TPSA) is 94.6 Å². The molecule has 32 heavy (non-hydrogen) atoms. The summed E-state index contributed by atoms with van der Waals surface area (Å²) in [5.74, 6) is 0.405. The molecular weight excluding hydrogens is 419 g/mol. The summed E-state index contributed by atoms with van der Waals surface area (Å²) in [6.45, 7) is 6.14. The predicted molar refractivity (Wildman–Crippen MR) is 114 cm³/mol. The Hall–Kier alpha value is -2.43. The monoisotopic (exact) mass is 448 g/mol. The number of fused-ring (bicyclic) bond motifs is 1. The minimum atomic E-state index is -0.546. The van der Waals surface area contributed by atoms with Crippen molar-refractivity contribution < 1.29 is 28.6 Å². The number of hydrogen-bond donors (Lipinski definition) is 2. The Morgan fingerprint density at radius 2 is 1.97 bits per heavy atom. The van der Waals surface area contributed by atoms with Crippen LogP contribution in [0.3, 0.4) is 0 Å². The molecule has 3 saturated heterocycles. The molecule has 0 radical (unpaired) electrons. The van der Waals surface area contributed by atoms with Crippen LogP contribution < -0.4 is 15.1 Å². The van der Waals surface area contributed by atoms with Crippen LogP contribution in [0.1, 0.15) is 6.92 Å². The number of carbonyl (C=O) groups is 2. The number of nitrogens with one attached hydrogen (secondary N) is 1. The number of piperidine rings is 1. The highest BCUT2D eigenvalue weighted by molar-refractivity contribution is 5.90. The molecule has 1 aliphatic carbocycles. The van der Waals surface area contributed by atoms with E-state index in [1.54, 1.807) is 12.1 Å². The van der Waals surface area contributed by atoms with Crippen LogP contribution in [0.2, 0.25) is 0 Å². The number of aliphatic hydroxyl groups excluding tert-OH is 1. The number of hydrogen-bond acceptors (Lipinski definition) is 7. The van der Waals surface area contributed by atoms with Crippen molar-refractivity contribution in [3.8, 4) is 0 Å². The summed E-state index contributed by atoms with van der Waals surface area (Å²) in [4.78, 5) is 28.7. The molecule has 1 aromatic carbocycles. The molecular formula is C22H29FN4O5. The van der Waals surface area contributed by atoms with Crippen molar-refractivity contribution in [3.05, 3.63) is 24.0 Å². The average Bonchev–Trinajstić information content (AvgIpc) is 3.08. The summed E-state index contributed by atoms with van der Waals surface area (Å²) in [7, 11) is 0. The van der Waals surface area contributed by atoms with E-state index in [2.05, 4.69) is 10.2 Å². The third-order valence-electron chi connectivity index (χ3n) is 7.06. The van der Waals surface area contributed by atoms with Crippen molar-refractivity contribution in [1.82, 2.24) is 10.2 Å². The lowest BCUT2D eigenvalue weighted by molar-refractivity contribution is -0.119. The number of morpholine rings is 1. The number of amides is 2. The molecule has 0 spiro atoms. The van der Waals surface area contributed by atoms with Crippen LogP contribution in [-0.4, -0.2) is 86.8 Å². The highest BCUT2D eigenvalue weighted by atomic mass is 19.1. The maximum absolute atomic E-state index is 15.0. The molecule has 5 rings (SSSR count). The van der Waals surface area contributed by atoms with Crippen molar-refractivity contribution in [3.63, 3.8) is 0 Å². The summed E-state index contributed by atoms with van der Waals surface area (Å²) >= 11 is 0. The van der Waals surface area contributed by atoms with E-state index in [4.69, 9.17) is 9.47 Å². The van der Waals surface area contributed by atoms with Crippen LogP contribution in [0, 0.1) is 23.6 Å². The van der Waals surface area contributed by atoms with Gasteiger partial charge in [0.2, 0.25) is 5.91 Å². The summed E-state index contributed by atoms with van der Waals surface area (Å²) in [5.41, 5.74) is 0.953. The lowest BCUT2D eigenvalue weighted by Gasteiger charge is -2.33. The van der Waals surface area contributed by atoms with Gasteiger partial charge in [-0.1, -0.05) is 0 Å². The number of aliphatic hydroxyl groups is 1. The maximum atomic E-state index is 15.0. The molecule has 2 unspecified atom stereocenters. The molecule has 2 amide bonds. The van der Waals surface area contributed by atoms with E-state index in [1.807, 2.05) is 4.90 Å². The highest BCUT2D eigenvalue weighted by Crippen LogP contribution is 2.55. The Morgan fingerprint density at radius 3 is 2.62 bits per heavy atom. The molecule has 0 aromatic heterocycles. The Labute approximate surface area is 186 Å². The number of benzene rings is 1. The van der Waals surface area contributed by atoms with Gasteiger partial charge in [-0.3, -0.25) is 14.6 Å². The quantitative estimate of drug-likeness (QED) is 0.659. The maximum Gasteiger partial charge on any atom is 0.414 e. The van der Waals surface area contributed by atoms with E-state index in [1.165, 1.54) is 17.9 Å². The van der Waals surface area contributed by atoms with Crippen LogP contribution in [-0.2, 0) is 14.3 Å². The molecule has 1 saturated carbocycles. The SMILES string of the molecule is CC(=O)NC[C@H]1CN(c2ccc(N3C[C@@H]4C(C(O)N5CCOCC5)[C@@H]4C3)c(F)c2)C(=O)O1. The van der Waals surface area contributed by atoms with Gasteiger partial charge in [-0.2, -0.15) is 0 Å². The van der Waals surface area contributed by atoms with Crippen LogP contribution in [0.4, 0.5) is 20.6 Å². The fourth-order valence-corrected chi connectivity index (χ4v) is 5.31. The van der Waals surface area contributed by atoms with E-state index < -0.39 is 18.4 Å². The molecule has 3 aliphatic heterocycles. The molecule has 1 aromatic rings. The lowest BCUT2D eigenvalue weighted by atomic mass is 10.1. The third kappa shape index (κ3) is 4.02. The molecule has 174 valence electrons. The van der Waals surface area contributed by atoms with Crippen LogP contribution in [0.15, 0.2) is 18.2 Å². The molecule has 0 bridgehead atoms. The zero-order chi connectivity index (χ0) is 22.4. The smallest absolute Gasteiger partial charge is 0.414 e. The fraction of sp³-hybridized carbons (Fsp3) is 0.636. The largest absolute Gasteiger partial charge is 0.442 e. The van der Waals surface area contributed by atoms with E-state index in [9.17, 15) is 19.1 Å². The number of ether oxygens (including phenoxy) is 2. The second-order valence-electron chi connectivity index (χ2n) is 9.06. The number of halogens is 1. The summed E-state index contributed by atoms with van der Waals surface area (Å²) < 4.78 is 25.6. The van der Waals surface area contributed by atoms with E-state index >= 15 is 0 Å². The standard InChI is InChI=1S/C22H29FN4O5/c1-13(28)24-9-15-10-27(22(30)32-15)14-2-3-19(18(23)8-14)26-11-16-17(12-26)20(16)21(29)25-4-6-31-7-5-25/h2-3,8,15-17,20-21,29H,4-7,9-12H2,1H3,(H,24,28)/t15-,16-,17+,20?,21?/m0/s1. The van der Waals surface area contributed by atoms with Gasteiger partial charge < -0.3 is 24.8 Å². The van der Waals surface area contributed by atoms with Gasteiger partial charge in [0, 0.05) is 39.0 Å². The van der Waals surface area contributed by atoms with Crippen LogP contribution in [0.25, 0.3) is 0 Å². The third-order valence-corrected chi connectivity index (χ3v) is 7.06. The van der Waals surface area contributed by atoms with Gasteiger partial charge in [0.1, 0.15) is 18.1 Å². The van der Waals surface area contributed by atoms with Crippen molar-refractivity contribution in [2.24, 2.45) is 17.8 Å². The van der Waals surface area contributed by atoms with Gasteiger partial charge in [-0.15, -0.1) is 0 Å². The Bertz CT molecular complexity index is 883. The number of carbonyl (C=O) groups excluding carboxylic acids is 2. The molecule has 9 nitrogen and oxygen atoms in total. The second-order valence-corrected chi connectivity index (χ2v) is 9.06. The Morgan fingerprint density at radius 1 is 1.25 bits per heavy atom. The Balaban J connectivity index is 1.18. The highest BCUT2D eigenvalue weighted by Gasteiger charge is 2.59. The summed E-state index contributed by atoms with van der Waals surface area (Å²) in [5, 5.41) is 13.3. The first-order valence-corrected chi connectivity index (χ1v) is 11.2. The van der Waals surface area contributed by atoms with E-state index in [0.717, 1.165) is 26.2 Å². The first-order valence-electron chi connectivity index (χ1n) is 11.2. The number of anilines is 2. The first kappa shape index (κ1) is 21.4. The van der Waals surface area contributed by atoms with E-state index in [-0.39, 0.29) is 30.7 Å². The Kier molecular flexibility index (Phi) is 5.68. The van der Waals surface area contributed by atoms with Crippen molar-refractivity contribution >= 4 is 23.4 Å². The second kappa shape index (κ2) is 8.49. The molecule has 10 heteroatoms. The van der Waals surface area contributed by atoms with Gasteiger partial charge in [0.25, 0.3) is 0 Å². The minimum Gasteiger partial charge on any atom is -0.442 e. The predicted octanol–water partition coefficient (Wildman–Crippen LogP) is 0.620. The number of nitrogens with zero attached hydrogens (tertiary/aromatic N) is 3. The zero-order valence-corrected chi connectivity index (χ0v) is 18.1. The lowest BCUT2D eigenvalue weighted by Crippen LogP contribution is -2.46. The molecule has 5 atom stereocenters. The van der Waals surface area contributed by atoms with E-state index in [0.29, 0.717) is 36.4 Å². The fourth-order valence-electron chi connectivity index (χ4n) is 5.31. The molecule has 2 N–H and O–H groups in total. The zero-order valence-electron chi connectivity index (χ0n) is 18.1. The summed E-state index contributed by atoms with van der Waals surface area (Å²) in [6.07, 6.45) is -1.46. The van der Waals surface area contributed by atoms with Crippen LogP contribution >= 0.6 is 0 Å². The van der Waals surface area contributed by atoms with Gasteiger partial charge in [-0.05, 0) is 30.0 Å². The normalized spacial score (nSPS) is 30.8. The van der Waals surface area contributed by atoms with Crippen molar-refractivity contribution in [2.45, 2.75) is 19.3 Å². The van der Waals surface area contributed by atoms with Gasteiger partial charge in [-0.25, -0.2) is 9.18 Å². The first-order chi connectivity index (χ1) is 15.4. The molecule has 3 heterocycles. The van der Waals surface area contributed by atoms with Gasteiger partial charge >= 0.3 is 6.09 Å². The minimum absolute atomic E-state index is 0.196. The van der Waals surface area contributed by atoms with Gasteiger partial charge in [0.05, 0.1) is 37.7 Å². The molecule has 4 aliphatic rings. The van der Waals surface area contributed by atoms with Gasteiger partial charge in [0.15, 0.2) is 0 Å². The number of cyclic esters (lactones) is 1. The summed E-state index contributed by atoms with van der Waals surface area (Å²) in [6, 6.07) is 4.79. The molecule has 4 fully saturated rings. The number of rotatable bonds is 6. The van der Waals surface area contributed by atoms with Crippen LogP contribution in [0.5, 0.6) is 0 Å². The van der Waals surface area contributed by atoms with Crippen molar-refractivity contribution in [1.29, 1.82) is 0 Å². The van der Waals surface area contributed by atoms with Crippen molar-refractivity contribution in [2.75, 3.05) is 62.3 Å².